The lowest BCUT2D eigenvalue weighted by Gasteiger charge is -2.51. The molecule has 12 heteroatoms. The first kappa shape index (κ1) is 32.3. The van der Waals surface area contributed by atoms with Crippen LogP contribution >= 0.6 is 11.6 Å². The SMILES string of the molecule is COC(=C1C2CC3CC(C2)CC1C3)c1ccc(/C=C/C(=O)O)c(OCc2ccc(O[C@@H]3OC(C(=O)O)[C@@H](O)C(O)C3O)cc2)c1Cl. The van der Waals surface area contributed by atoms with Crippen molar-refractivity contribution in [2.75, 3.05) is 7.11 Å². The normalized spacial score (nSPS) is 31.6. The average molecular weight is 657 g/mol. The fourth-order valence-corrected chi connectivity index (χ4v) is 8.05. The van der Waals surface area contributed by atoms with Gasteiger partial charge in [0.15, 0.2) is 6.10 Å². The van der Waals surface area contributed by atoms with Gasteiger partial charge in [-0.3, -0.25) is 0 Å². The Bertz CT molecular complexity index is 1500. The third kappa shape index (κ3) is 6.34. The molecule has 0 radical (unpaired) electrons. The standard InChI is InChI=1S/C34H37ClO11/c1-43-31(25-20-11-17-10-18(13-20)14-21(25)12-17)23-8-4-19(5-9-24(36)37)30(26(23)35)44-15-16-2-6-22(7-3-16)45-34-29(40)27(38)28(39)32(46-34)33(41)42/h2-9,17-18,20-21,27-29,32,34,38-40H,10-15H2,1H3,(H,36,37)(H,41,42)/b9-5+,31-25?/t17?,18?,20?,21?,27?,28-,29?,32?,34+/m0/s1. The summed E-state index contributed by atoms with van der Waals surface area (Å²) in [5, 5.41) is 49.0. The van der Waals surface area contributed by atoms with E-state index in [1.54, 1.807) is 37.4 Å². The van der Waals surface area contributed by atoms with E-state index >= 15 is 0 Å². The number of carboxylic acid groups (broad SMARTS) is 2. The largest absolute Gasteiger partial charge is 0.496 e. The fourth-order valence-electron chi connectivity index (χ4n) is 7.73. The zero-order valence-electron chi connectivity index (χ0n) is 25.1. The molecule has 11 nitrogen and oxygen atoms in total. The Labute approximate surface area is 270 Å². The number of aliphatic hydroxyl groups excluding tert-OH is 3. The lowest BCUT2D eigenvalue weighted by molar-refractivity contribution is -0.271. The molecule has 7 rings (SSSR count). The number of aliphatic hydroxyl groups is 3. The van der Waals surface area contributed by atoms with Gasteiger partial charge in [-0.25, -0.2) is 9.59 Å². The molecule has 5 aliphatic rings. The van der Waals surface area contributed by atoms with Crippen LogP contribution in [0.4, 0.5) is 0 Å². The van der Waals surface area contributed by atoms with E-state index in [2.05, 4.69) is 0 Å². The molecule has 5 atom stereocenters. The summed E-state index contributed by atoms with van der Waals surface area (Å²) in [5.41, 5.74) is 3.21. The quantitative estimate of drug-likeness (QED) is 0.184. The highest BCUT2D eigenvalue weighted by atomic mass is 35.5. The van der Waals surface area contributed by atoms with Gasteiger partial charge in [-0.15, -0.1) is 0 Å². The Morgan fingerprint density at radius 2 is 1.57 bits per heavy atom. The molecule has 5 N–H and O–H groups in total. The summed E-state index contributed by atoms with van der Waals surface area (Å²) in [6, 6.07) is 10.1. The number of benzene rings is 2. The number of hydrogen-bond donors (Lipinski definition) is 5. The maximum absolute atomic E-state index is 11.4. The van der Waals surface area contributed by atoms with E-state index in [1.165, 1.54) is 43.8 Å². The van der Waals surface area contributed by atoms with Crippen molar-refractivity contribution in [3.8, 4) is 11.5 Å². The summed E-state index contributed by atoms with van der Waals surface area (Å²) in [4.78, 5) is 22.7. The van der Waals surface area contributed by atoms with E-state index < -0.39 is 42.6 Å². The molecule has 0 spiro atoms. The predicted molar refractivity (Wildman–Crippen MR) is 165 cm³/mol. The summed E-state index contributed by atoms with van der Waals surface area (Å²) in [5.74, 6) is 1.17. The monoisotopic (exact) mass is 656 g/mol. The zero-order chi connectivity index (χ0) is 32.7. The minimum atomic E-state index is -1.82. The van der Waals surface area contributed by atoms with Gasteiger partial charge in [0, 0.05) is 17.2 Å². The summed E-state index contributed by atoms with van der Waals surface area (Å²) in [7, 11) is 1.66. The van der Waals surface area contributed by atoms with Crippen molar-refractivity contribution >= 4 is 35.4 Å². The van der Waals surface area contributed by atoms with Crippen molar-refractivity contribution in [2.45, 2.75) is 69.4 Å². The van der Waals surface area contributed by atoms with Crippen molar-refractivity contribution in [3.05, 3.63) is 69.8 Å². The lowest BCUT2D eigenvalue weighted by atomic mass is 9.54. The minimum absolute atomic E-state index is 0.0550. The van der Waals surface area contributed by atoms with Crippen molar-refractivity contribution in [3.63, 3.8) is 0 Å². The molecule has 0 aromatic heterocycles. The van der Waals surface area contributed by atoms with Gasteiger partial charge in [0.2, 0.25) is 6.29 Å². The van der Waals surface area contributed by atoms with Crippen molar-refractivity contribution in [1.82, 2.24) is 0 Å². The highest BCUT2D eigenvalue weighted by molar-refractivity contribution is 6.34. The van der Waals surface area contributed by atoms with Crippen molar-refractivity contribution in [1.29, 1.82) is 0 Å². The van der Waals surface area contributed by atoms with Gasteiger partial charge in [0.05, 0.1) is 12.1 Å². The predicted octanol–water partition coefficient (Wildman–Crippen LogP) is 4.10. The third-order valence-electron chi connectivity index (χ3n) is 9.63. The smallest absolute Gasteiger partial charge is 0.335 e. The van der Waals surface area contributed by atoms with Crippen molar-refractivity contribution in [2.24, 2.45) is 23.7 Å². The first-order valence-corrected chi connectivity index (χ1v) is 15.7. The van der Waals surface area contributed by atoms with Crippen LogP contribution in [0, 0.1) is 23.7 Å². The van der Waals surface area contributed by atoms with Crippen molar-refractivity contribution < 1.29 is 54.1 Å². The van der Waals surface area contributed by atoms with E-state index in [1.807, 2.05) is 6.07 Å². The minimum Gasteiger partial charge on any atom is -0.496 e. The van der Waals surface area contributed by atoms with Gasteiger partial charge < -0.3 is 44.5 Å². The first-order valence-electron chi connectivity index (χ1n) is 15.4. The molecule has 2 aromatic carbocycles. The van der Waals surface area contributed by atoms with Gasteiger partial charge in [-0.1, -0.05) is 29.8 Å². The number of methoxy groups -OCH3 is 1. The van der Waals surface area contributed by atoms with Crippen LogP contribution in [0.3, 0.4) is 0 Å². The number of hydrogen-bond acceptors (Lipinski definition) is 9. The molecule has 1 saturated heterocycles. The maximum Gasteiger partial charge on any atom is 0.335 e. The molecule has 1 aliphatic heterocycles. The topological polar surface area (TPSA) is 172 Å². The molecule has 246 valence electrons. The van der Waals surface area contributed by atoms with Crippen LogP contribution in [-0.4, -0.2) is 75.3 Å². The zero-order valence-corrected chi connectivity index (χ0v) is 25.9. The summed E-state index contributed by atoms with van der Waals surface area (Å²) >= 11 is 7.03. The van der Waals surface area contributed by atoms with Gasteiger partial charge in [0.1, 0.15) is 42.2 Å². The molecule has 4 saturated carbocycles. The van der Waals surface area contributed by atoms with Crippen LogP contribution in [0.25, 0.3) is 11.8 Å². The molecule has 2 aromatic rings. The second kappa shape index (κ2) is 13.2. The molecule has 46 heavy (non-hydrogen) atoms. The summed E-state index contributed by atoms with van der Waals surface area (Å²) in [6.45, 7) is 0.0550. The number of aliphatic carboxylic acids is 2. The third-order valence-corrected chi connectivity index (χ3v) is 10.0. The van der Waals surface area contributed by atoms with Gasteiger partial charge >= 0.3 is 11.9 Å². The lowest BCUT2D eigenvalue weighted by Crippen LogP contribution is -2.61. The molecular weight excluding hydrogens is 620 g/mol. The van der Waals surface area contributed by atoms with Crippen LogP contribution in [0.1, 0.15) is 48.8 Å². The van der Waals surface area contributed by atoms with Crippen LogP contribution in [-0.2, 0) is 25.7 Å². The molecule has 0 amide bonds. The molecule has 5 fully saturated rings. The second-order valence-corrected chi connectivity index (χ2v) is 13.0. The van der Waals surface area contributed by atoms with Gasteiger partial charge in [0.25, 0.3) is 0 Å². The number of halogens is 1. The number of allylic oxidation sites excluding steroid dienone is 1. The first-order chi connectivity index (χ1) is 22.0. The number of carbonyl (C=O) groups is 2. The molecule has 4 bridgehead atoms. The fraction of sp³-hybridized carbons (Fsp3) is 0.471. The van der Waals surface area contributed by atoms with E-state index in [0.29, 0.717) is 39.3 Å². The summed E-state index contributed by atoms with van der Waals surface area (Å²) in [6.07, 6.45) is -0.154. The number of carboxylic acids is 2. The van der Waals surface area contributed by atoms with Crippen LogP contribution in [0.15, 0.2) is 48.0 Å². The Morgan fingerprint density at radius 1 is 0.913 bits per heavy atom. The Balaban J connectivity index is 1.22. The molecular formula is C34H37ClO11. The maximum atomic E-state index is 11.4. The molecule has 4 aliphatic carbocycles. The Kier molecular flexibility index (Phi) is 9.31. The highest BCUT2D eigenvalue weighted by Gasteiger charge is 2.48. The average Bonchev–Trinajstić information content (AvgIpc) is 3.02. The van der Waals surface area contributed by atoms with Gasteiger partial charge in [-0.05, 0) is 91.2 Å². The van der Waals surface area contributed by atoms with E-state index in [9.17, 15) is 35.1 Å². The molecule has 3 unspecified atom stereocenters. The Morgan fingerprint density at radius 3 is 2.15 bits per heavy atom. The van der Waals surface area contributed by atoms with Crippen LogP contribution in [0.2, 0.25) is 5.02 Å². The van der Waals surface area contributed by atoms with E-state index in [0.717, 1.165) is 23.7 Å². The van der Waals surface area contributed by atoms with E-state index in [4.69, 9.17) is 30.5 Å². The summed E-state index contributed by atoms with van der Waals surface area (Å²) < 4.78 is 23.0. The van der Waals surface area contributed by atoms with Crippen LogP contribution < -0.4 is 9.47 Å². The Hall–Kier alpha value is -3.61. The van der Waals surface area contributed by atoms with Crippen LogP contribution in [0.5, 0.6) is 11.5 Å². The second-order valence-electron chi connectivity index (χ2n) is 12.6. The van der Waals surface area contributed by atoms with Gasteiger partial charge in [-0.2, -0.15) is 0 Å². The highest BCUT2D eigenvalue weighted by Crippen LogP contribution is 2.58. The number of ether oxygens (including phenoxy) is 4. The molecule has 1 heterocycles. The number of rotatable bonds is 10. The van der Waals surface area contributed by atoms with E-state index in [-0.39, 0.29) is 12.4 Å².